The molecule has 6 aromatic rings. The molecule has 56 heavy (non-hydrogen) atoms. The van der Waals surface area contributed by atoms with Crippen LogP contribution in [0.25, 0.3) is 22.9 Å². The first-order valence-electron chi connectivity index (χ1n) is 17.1. The molecule has 0 aliphatic rings. The first-order valence-corrected chi connectivity index (χ1v) is 17.1. The fraction of sp³-hybridized carbons (Fsp3) is 0.238. The van der Waals surface area contributed by atoms with Crippen LogP contribution < -0.4 is 88.3 Å². The molecule has 2 aromatic heterocycles. The molecule has 6 rings (SSSR count). The van der Waals surface area contributed by atoms with E-state index in [1.165, 1.54) is 27.7 Å². The van der Waals surface area contributed by atoms with E-state index in [0.717, 1.165) is 22.5 Å². The number of ether oxygens (including phenoxy) is 4. The summed E-state index contributed by atoms with van der Waals surface area (Å²) < 4.78 is 33.2. The molecule has 0 bridgehead atoms. The number of carbonyl (C=O) groups is 2. The van der Waals surface area contributed by atoms with Crippen molar-refractivity contribution >= 4 is 11.9 Å². The molecule has 12 nitrogen and oxygen atoms in total. The summed E-state index contributed by atoms with van der Waals surface area (Å²) in [6, 6.07) is 32.9. The van der Waals surface area contributed by atoms with Crippen LogP contribution in [-0.2, 0) is 22.4 Å². The van der Waals surface area contributed by atoms with E-state index in [-0.39, 0.29) is 59.1 Å². The Balaban J connectivity index is 0.000000290. The van der Waals surface area contributed by atoms with Crippen molar-refractivity contribution in [2.45, 2.75) is 51.7 Å². The number of aliphatic carboxylic acids is 2. The van der Waals surface area contributed by atoms with Crippen molar-refractivity contribution in [1.82, 2.24) is 9.97 Å². The first-order chi connectivity index (χ1) is 25.9. The van der Waals surface area contributed by atoms with Gasteiger partial charge in [-0.2, -0.15) is 0 Å². The molecule has 2 heterocycles. The number of nitrogens with zero attached hydrogens (tertiary/aromatic N) is 2. The average molecular weight is 779 g/mol. The second-order valence-corrected chi connectivity index (χ2v) is 13.0. The second-order valence-electron chi connectivity index (χ2n) is 13.0. The van der Waals surface area contributed by atoms with E-state index in [0.29, 0.717) is 60.8 Å². The van der Waals surface area contributed by atoms with Crippen LogP contribution in [0.3, 0.4) is 0 Å². The van der Waals surface area contributed by atoms with Crippen LogP contribution in [-0.4, -0.2) is 46.3 Å². The fourth-order valence-corrected chi connectivity index (χ4v) is 4.70. The zero-order valence-corrected chi connectivity index (χ0v) is 36.4. The van der Waals surface area contributed by atoms with Gasteiger partial charge in [-0.3, -0.25) is 0 Å². The maximum atomic E-state index is 11.0. The van der Waals surface area contributed by atoms with Crippen molar-refractivity contribution in [3.63, 3.8) is 0 Å². The number of hydrogen-bond acceptors (Lipinski definition) is 12. The molecular weight excluding hydrogens is 738 g/mol. The third-order valence-corrected chi connectivity index (χ3v) is 7.78. The summed E-state index contributed by atoms with van der Waals surface area (Å²) in [5.74, 6) is 0.794. The molecule has 0 spiro atoms. The Kier molecular flexibility index (Phi) is 17.7. The summed E-state index contributed by atoms with van der Waals surface area (Å²) in [4.78, 5) is 30.9. The minimum absolute atomic E-state index is 0. The molecule has 0 atom stereocenters. The molecule has 4 aromatic carbocycles. The molecule has 0 fully saturated rings. The van der Waals surface area contributed by atoms with Gasteiger partial charge in [0.15, 0.2) is 0 Å². The van der Waals surface area contributed by atoms with E-state index >= 15 is 0 Å². The van der Waals surface area contributed by atoms with Crippen molar-refractivity contribution in [1.29, 1.82) is 0 Å². The summed E-state index contributed by atoms with van der Waals surface area (Å²) in [5, 5.41) is 22.0. The number of carboxylic acid groups (broad SMARTS) is 2. The molecule has 0 radical (unpaired) electrons. The van der Waals surface area contributed by atoms with E-state index < -0.39 is 23.1 Å². The summed E-state index contributed by atoms with van der Waals surface area (Å²) in [5.41, 5.74) is 0.686. The zero-order valence-electron chi connectivity index (χ0n) is 32.4. The van der Waals surface area contributed by atoms with Gasteiger partial charge in [0.2, 0.25) is 11.8 Å². The predicted octanol–water partition coefficient (Wildman–Crippen LogP) is -0.251. The van der Waals surface area contributed by atoms with Crippen molar-refractivity contribution in [3.05, 3.63) is 133 Å². The van der Waals surface area contributed by atoms with Crippen molar-refractivity contribution in [3.8, 4) is 45.9 Å². The quantitative estimate of drug-likeness (QED) is 0.118. The Morgan fingerprint density at radius 1 is 0.536 bits per heavy atom. The van der Waals surface area contributed by atoms with Crippen LogP contribution in [0.5, 0.6) is 23.0 Å². The normalized spacial score (nSPS) is 10.8. The molecule has 280 valence electrons. The monoisotopic (exact) mass is 778 g/mol. The van der Waals surface area contributed by atoms with Gasteiger partial charge in [0, 0.05) is 24.0 Å². The largest absolute Gasteiger partial charge is 1.00 e. The molecule has 0 saturated carbocycles. The topological polar surface area (TPSA) is 169 Å². The van der Waals surface area contributed by atoms with Crippen LogP contribution in [0, 0.1) is 0 Å². The number of aromatic nitrogens is 2. The predicted molar refractivity (Wildman–Crippen MR) is 195 cm³/mol. The van der Waals surface area contributed by atoms with Gasteiger partial charge in [0.05, 0.1) is 36.5 Å². The van der Waals surface area contributed by atoms with Gasteiger partial charge in [-0.1, -0.05) is 36.4 Å². The van der Waals surface area contributed by atoms with Crippen molar-refractivity contribution in [2.24, 2.45) is 0 Å². The molecule has 0 aliphatic carbocycles. The summed E-state index contributed by atoms with van der Waals surface area (Å²) in [6.07, 6.45) is 4.47. The second kappa shape index (κ2) is 21.7. The average Bonchev–Trinajstić information content (AvgIpc) is 3.84. The number of hydrogen-bond donors (Lipinski definition) is 0. The van der Waals surface area contributed by atoms with Crippen LogP contribution >= 0.6 is 0 Å². The van der Waals surface area contributed by atoms with E-state index in [1.54, 1.807) is 61.1 Å². The molecule has 0 N–H and O–H groups in total. The molecular formula is C42H40N2Na2O10. The Bertz CT molecular complexity index is 1930. The van der Waals surface area contributed by atoms with Gasteiger partial charge in [0.25, 0.3) is 0 Å². The van der Waals surface area contributed by atoms with E-state index in [9.17, 15) is 19.8 Å². The van der Waals surface area contributed by atoms with Gasteiger partial charge in [0.1, 0.15) is 46.7 Å². The smallest absolute Gasteiger partial charge is 0.546 e. The van der Waals surface area contributed by atoms with Crippen LogP contribution in [0.1, 0.15) is 39.1 Å². The van der Waals surface area contributed by atoms with Crippen LogP contribution in [0.4, 0.5) is 0 Å². The third-order valence-electron chi connectivity index (χ3n) is 7.78. The van der Waals surface area contributed by atoms with Crippen molar-refractivity contribution in [2.75, 3.05) is 13.2 Å². The number of carboxylic acids is 2. The SMILES string of the molecule is CC(C)(Oc1ccc(OCCc2coc(-c3ccccc3)n2)cc1)C(=O)[O-].CC(C)(Oc1ccc(OCCc2coc(-c3ccccc3)n2)cc1)C(=O)[O-].[Na+].[Na+]. The summed E-state index contributed by atoms with van der Waals surface area (Å²) in [7, 11) is 0. The van der Waals surface area contributed by atoms with Gasteiger partial charge < -0.3 is 47.6 Å². The Hall–Kier alpha value is -4.56. The van der Waals surface area contributed by atoms with E-state index in [2.05, 4.69) is 9.97 Å². The maximum Gasteiger partial charge on any atom is 1.00 e. The zero-order chi connectivity index (χ0) is 38.6. The van der Waals surface area contributed by atoms with E-state index in [4.69, 9.17) is 27.8 Å². The van der Waals surface area contributed by atoms with Gasteiger partial charge in [-0.05, 0) is 100 Å². The number of benzene rings is 4. The minimum Gasteiger partial charge on any atom is -0.546 e. The third kappa shape index (κ3) is 13.9. The maximum absolute atomic E-state index is 11.0. The minimum atomic E-state index is -1.40. The van der Waals surface area contributed by atoms with Crippen molar-refractivity contribution < 1.29 is 107 Å². The number of oxazole rings is 2. The summed E-state index contributed by atoms with van der Waals surface area (Å²) in [6.45, 7) is 6.63. The Labute approximate surface area is 369 Å². The molecule has 0 amide bonds. The summed E-state index contributed by atoms with van der Waals surface area (Å²) >= 11 is 0. The van der Waals surface area contributed by atoms with Gasteiger partial charge in [-0.15, -0.1) is 0 Å². The molecule has 14 heteroatoms. The first kappa shape index (κ1) is 45.8. The van der Waals surface area contributed by atoms with Gasteiger partial charge in [-0.25, -0.2) is 9.97 Å². The standard InChI is InChI=1S/2C21H21NO5.2Na/c2*1-21(2,20(23)24)27-18-10-8-17(9-11-18)25-13-12-16-14-26-19(22-16)15-6-4-3-5-7-15;;/h2*3-11,14H,12-13H2,1-2H3,(H,23,24);;/q;;2*+1/p-2. The molecule has 0 saturated heterocycles. The number of rotatable bonds is 16. The Morgan fingerprint density at radius 2 is 0.857 bits per heavy atom. The fourth-order valence-electron chi connectivity index (χ4n) is 4.70. The van der Waals surface area contributed by atoms with E-state index in [1.807, 2.05) is 60.7 Å². The van der Waals surface area contributed by atoms with Crippen LogP contribution in [0.2, 0.25) is 0 Å². The molecule has 0 unspecified atom stereocenters. The Morgan fingerprint density at radius 3 is 1.18 bits per heavy atom. The number of carbonyl (C=O) groups excluding carboxylic acids is 2. The molecule has 0 aliphatic heterocycles. The van der Waals surface area contributed by atoms with Crippen LogP contribution in [0.15, 0.2) is 131 Å². The van der Waals surface area contributed by atoms with Gasteiger partial charge >= 0.3 is 59.1 Å².